The third-order valence-electron chi connectivity index (χ3n) is 5.69. The maximum atomic E-state index is 13.1. The Hall–Kier alpha value is -1.81. The first kappa shape index (κ1) is 24.3. The minimum atomic E-state index is -3.48. The Morgan fingerprint density at radius 1 is 1.12 bits per heavy atom. The SMILES string of the molecule is COc1cc(Cc2csc(N3CCC(S(=O)(=O)c4ccc(Br)cc4Cl)CC3)n2)cc(OC)c1. The van der Waals surface area contributed by atoms with Gasteiger partial charge >= 0.3 is 0 Å². The van der Waals surface area contributed by atoms with Crippen molar-refractivity contribution in [1.29, 1.82) is 0 Å². The number of thiazole rings is 1. The highest BCUT2D eigenvalue weighted by molar-refractivity contribution is 9.10. The number of piperidine rings is 1. The van der Waals surface area contributed by atoms with E-state index in [0.29, 0.717) is 32.4 Å². The van der Waals surface area contributed by atoms with Gasteiger partial charge in [-0.1, -0.05) is 27.5 Å². The molecule has 0 radical (unpaired) electrons. The van der Waals surface area contributed by atoms with Gasteiger partial charge in [0.1, 0.15) is 11.5 Å². The van der Waals surface area contributed by atoms with Gasteiger partial charge in [-0.2, -0.15) is 0 Å². The number of benzene rings is 2. The van der Waals surface area contributed by atoms with Crippen molar-refractivity contribution in [2.75, 3.05) is 32.2 Å². The molecule has 1 saturated heterocycles. The van der Waals surface area contributed by atoms with Crippen LogP contribution in [-0.2, 0) is 16.3 Å². The molecule has 33 heavy (non-hydrogen) atoms. The van der Waals surface area contributed by atoms with E-state index in [4.69, 9.17) is 26.1 Å². The summed E-state index contributed by atoms with van der Waals surface area (Å²) in [5.41, 5.74) is 2.01. The third-order valence-corrected chi connectivity index (χ3v) is 9.87. The molecule has 0 unspecified atom stereocenters. The van der Waals surface area contributed by atoms with Gasteiger partial charge in [-0.05, 0) is 48.7 Å². The van der Waals surface area contributed by atoms with E-state index in [9.17, 15) is 8.42 Å². The van der Waals surface area contributed by atoms with Crippen LogP contribution in [0, 0.1) is 0 Å². The summed E-state index contributed by atoms with van der Waals surface area (Å²) in [5, 5.41) is 2.77. The summed E-state index contributed by atoms with van der Waals surface area (Å²) in [6.45, 7) is 1.27. The highest BCUT2D eigenvalue weighted by atomic mass is 79.9. The molecule has 176 valence electrons. The van der Waals surface area contributed by atoms with Crippen LogP contribution in [0.5, 0.6) is 11.5 Å². The number of sulfone groups is 1. The second kappa shape index (κ2) is 10.2. The van der Waals surface area contributed by atoms with E-state index < -0.39 is 15.1 Å². The van der Waals surface area contributed by atoms with Crippen molar-refractivity contribution in [3.8, 4) is 11.5 Å². The van der Waals surface area contributed by atoms with Crippen LogP contribution in [0.25, 0.3) is 0 Å². The van der Waals surface area contributed by atoms with E-state index in [1.54, 1.807) is 43.8 Å². The Balaban J connectivity index is 1.42. The zero-order valence-electron chi connectivity index (χ0n) is 18.3. The summed E-state index contributed by atoms with van der Waals surface area (Å²) in [6, 6.07) is 10.7. The van der Waals surface area contributed by atoms with Crippen molar-refractivity contribution in [3.05, 3.63) is 62.5 Å². The number of hydrogen-bond donors (Lipinski definition) is 0. The molecule has 2 heterocycles. The van der Waals surface area contributed by atoms with E-state index >= 15 is 0 Å². The van der Waals surface area contributed by atoms with Crippen LogP contribution in [0.4, 0.5) is 5.13 Å². The fraction of sp³-hybridized carbons (Fsp3) is 0.348. The predicted molar refractivity (Wildman–Crippen MR) is 136 cm³/mol. The van der Waals surface area contributed by atoms with Crippen LogP contribution >= 0.6 is 38.9 Å². The molecule has 1 aliphatic heterocycles. The Morgan fingerprint density at radius 3 is 2.39 bits per heavy atom. The van der Waals surface area contributed by atoms with Gasteiger partial charge in [-0.3, -0.25) is 0 Å². The number of anilines is 1. The van der Waals surface area contributed by atoms with Gasteiger partial charge in [0.2, 0.25) is 0 Å². The van der Waals surface area contributed by atoms with Crippen molar-refractivity contribution < 1.29 is 17.9 Å². The second-order valence-corrected chi connectivity index (χ2v) is 12.2. The van der Waals surface area contributed by atoms with Crippen LogP contribution in [0.2, 0.25) is 5.02 Å². The highest BCUT2D eigenvalue weighted by Crippen LogP contribution is 2.33. The standard InChI is InChI=1S/C23H24BrClN2O4S2/c1-30-18-10-15(11-19(13-18)31-2)9-17-14-32-23(26-17)27-7-5-20(6-8-27)33(28,29)22-4-3-16(24)12-21(22)25/h3-4,10-14,20H,5-9H2,1-2H3. The number of ether oxygens (including phenoxy) is 2. The molecule has 2 aromatic carbocycles. The number of rotatable bonds is 7. The van der Waals surface area contributed by atoms with E-state index in [1.165, 1.54) is 0 Å². The van der Waals surface area contributed by atoms with E-state index in [2.05, 4.69) is 20.8 Å². The summed E-state index contributed by atoms with van der Waals surface area (Å²) in [7, 11) is -0.218. The zero-order valence-corrected chi connectivity index (χ0v) is 22.2. The van der Waals surface area contributed by atoms with E-state index in [-0.39, 0.29) is 9.92 Å². The lowest BCUT2D eigenvalue weighted by molar-refractivity contribution is 0.393. The van der Waals surface area contributed by atoms with Gasteiger partial charge in [-0.25, -0.2) is 13.4 Å². The quantitative estimate of drug-likeness (QED) is 0.367. The fourth-order valence-electron chi connectivity index (χ4n) is 3.94. The van der Waals surface area contributed by atoms with Crippen LogP contribution < -0.4 is 14.4 Å². The van der Waals surface area contributed by atoms with Gasteiger partial charge in [0.15, 0.2) is 15.0 Å². The molecule has 1 fully saturated rings. The van der Waals surface area contributed by atoms with Gasteiger partial charge < -0.3 is 14.4 Å². The first-order valence-electron chi connectivity index (χ1n) is 10.4. The van der Waals surface area contributed by atoms with Gasteiger partial charge in [0.25, 0.3) is 0 Å². The summed E-state index contributed by atoms with van der Waals surface area (Å²) in [4.78, 5) is 7.16. The van der Waals surface area contributed by atoms with Crippen LogP contribution in [0.1, 0.15) is 24.1 Å². The summed E-state index contributed by atoms with van der Waals surface area (Å²) in [5.74, 6) is 1.49. The summed E-state index contributed by atoms with van der Waals surface area (Å²) < 4.78 is 37.7. The van der Waals surface area contributed by atoms with Crippen molar-refractivity contribution in [1.82, 2.24) is 4.98 Å². The first-order valence-corrected chi connectivity index (χ1v) is 14.0. The lowest BCUT2D eigenvalue weighted by Crippen LogP contribution is -2.39. The monoisotopic (exact) mass is 570 g/mol. The third kappa shape index (κ3) is 5.48. The molecule has 0 saturated carbocycles. The molecule has 0 bridgehead atoms. The maximum Gasteiger partial charge on any atom is 0.185 e. The van der Waals surface area contributed by atoms with Crippen molar-refractivity contribution in [2.24, 2.45) is 0 Å². The molecule has 1 aliphatic rings. The normalized spacial score (nSPS) is 15.0. The molecular weight excluding hydrogens is 548 g/mol. The Labute approximate surface area is 211 Å². The minimum absolute atomic E-state index is 0.205. The van der Waals surface area contributed by atoms with Crippen molar-refractivity contribution >= 4 is 53.8 Å². The molecule has 6 nitrogen and oxygen atoms in total. The molecule has 0 spiro atoms. The lowest BCUT2D eigenvalue weighted by atomic mass is 10.1. The smallest absolute Gasteiger partial charge is 0.185 e. The Kier molecular flexibility index (Phi) is 7.53. The molecule has 10 heteroatoms. The molecule has 1 aromatic heterocycles. The molecule has 0 N–H and O–H groups in total. The van der Waals surface area contributed by atoms with Crippen LogP contribution in [0.15, 0.2) is 51.1 Å². The van der Waals surface area contributed by atoms with Crippen LogP contribution in [-0.4, -0.2) is 46.0 Å². The maximum absolute atomic E-state index is 13.1. The minimum Gasteiger partial charge on any atom is -0.497 e. The largest absolute Gasteiger partial charge is 0.497 e. The summed E-state index contributed by atoms with van der Waals surface area (Å²) >= 11 is 11.1. The molecular formula is C23H24BrClN2O4S2. The van der Waals surface area contributed by atoms with Gasteiger partial charge in [0.05, 0.1) is 35.1 Å². The summed E-state index contributed by atoms with van der Waals surface area (Å²) in [6.07, 6.45) is 1.74. The van der Waals surface area contributed by atoms with E-state index in [1.807, 2.05) is 23.6 Å². The highest BCUT2D eigenvalue weighted by Gasteiger charge is 2.33. The predicted octanol–water partition coefficient (Wildman–Crippen LogP) is 5.61. The zero-order chi connectivity index (χ0) is 23.6. The number of nitrogens with zero attached hydrogens (tertiary/aromatic N) is 2. The molecule has 4 rings (SSSR count). The molecule has 0 amide bonds. The number of methoxy groups -OCH3 is 2. The number of aromatic nitrogens is 1. The second-order valence-electron chi connectivity index (χ2n) is 7.83. The average molecular weight is 572 g/mol. The van der Waals surface area contributed by atoms with Gasteiger partial charge in [0, 0.05) is 35.4 Å². The molecule has 3 aromatic rings. The lowest BCUT2D eigenvalue weighted by Gasteiger charge is -2.31. The number of halogens is 2. The molecule has 0 atom stereocenters. The first-order chi connectivity index (χ1) is 15.8. The fourth-order valence-corrected chi connectivity index (χ4v) is 7.60. The molecule has 0 aliphatic carbocycles. The van der Waals surface area contributed by atoms with Crippen molar-refractivity contribution in [3.63, 3.8) is 0 Å². The Bertz CT molecular complexity index is 1220. The van der Waals surface area contributed by atoms with Crippen LogP contribution in [0.3, 0.4) is 0 Å². The Morgan fingerprint density at radius 2 is 1.79 bits per heavy atom. The number of hydrogen-bond acceptors (Lipinski definition) is 7. The van der Waals surface area contributed by atoms with Gasteiger partial charge in [-0.15, -0.1) is 11.3 Å². The average Bonchev–Trinajstić information content (AvgIpc) is 3.27. The van der Waals surface area contributed by atoms with E-state index in [0.717, 1.165) is 32.4 Å². The van der Waals surface area contributed by atoms with Crippen molar-refractivity contribution in [2.45, 2.75) is 29.4 Å². The topological polar surface area (TPSA) is 68.7 Å².